The van der Waals surface area contributed by atoms with Crippen LogP contribution in [0.15, 0.2) is 43.2 Å². The zero-order valence-electron chi connectivity index (χ0n) is 18.0. The quantitative estimate of drug-likeness (QED) is 0.381. The van der Waals surface area contributed by atoms with Crippen LogP contribution in [0.4, 0.5) is 32.2 Å². The van der Waals surface area contributed by atoms with Crippen molar-refractivity contribution in [1.82, 2.24) is 29.7 Å². The van der Waals surface area contributed by atoms with Crippen molar-refractivity contribution in [2.24, 2.45) is 0 Å². The molecule has 0 N–H and O–H groups in total. The van der Waals surface area contributed by atoms with Gasteiger partial charge in [-0.25, -0.2) is 19.6 Å². The summed E-state index contributed by atoms with van der Waals surface area (Å²) in [6.45, 7) is 1.61. The van der Waals surface area contributed by atoms with Gasteiger partial charge in [-0.15, -0.1) is 5.10 Å². The second-order valence-corrected chi connectivity index (χ2v) is 7.49. The van der Waals surface area contributed by atoms with Crippen molar-refractivity contribution in [3.05, 3.63) is 65.8 Å². The first kappa shape index (κ1) is 23.9. The van der Waals surface area contributed by atoms with E-state index < -0.39 is 40.4 Å². The summed E-state index contributed by atoms with van der Waals surface area (Å²) in [5.41, 5.74) is -2.92. The van der Waals surface area contributed by atoms with Gasteiger partial charge >= 0.3 is 12.4 Å². The summed E-state index contributed by atoms with van der Waals surface area (Å²) < 4.78 is 82.2. The molecule has 0 radical (unpaired) electrons. The molecule has 8 nitrogen and oxygen atoms in total. The molecule has 3 heterocycles. The lowest BCUT2D eigenvalue weighted by Crippen LogP contribution is -2.24. The van der Waals surface area contributed by atoms with Gasteiger partial charge in [0.15, 0.2) is 5.82 Å². The molecule has 35 heavy (non-hydrogen) atoms. The minimum atomic E-state index is -5.07. The monoisotopic (exact) mass is 492 g/mol. The molecule has 1 atom stereocenters. The summed E-state index contributed by atoms with van der Waals surface area (Å²) in [5.74, 6) is 0.0354. The highest BCUT2D eigenvalue weighted by molar-refractivity contribution is 5.92. The van der Waals surface area contributed by atoms with E-state index in [-0.39, 0.29) is 23.3 Å². The van der Waals surface area contributed by atoms with Crippen LogP contribution in [0.2, 0.25) is 0 Å². The maximum atomic E-state index is 13.6. The second kappa shape index (κ2) is 8.49. The second-order valence-electron chi connectivity index (χ2n) is 7.49. The predicted molar refractivity (Wildman–Crippen MR) is 110 cm³/mol. The van der Waals surface area contributed by atoms with Crippen molar-refractivity contribution in [2.45, 2.75) is 25.3 Å². The number of nitrogens with zero attached hydrogens (tertiary/aromatic N) is 8. The van der Waals surface area contributed by atoms with Crippen LogP contribution in [-0.4, -0.2) is 36.8 Å². The molecule has 14 heteroatoms. The van der Waals surface area contributed by atoms with E-state index in [1.54, 1.807) is 6.92 Å². The van der Waals surface area contributed by atoms with Crippen LogP contribution in [0, 0.1) is 11.3 Å². The summed E-state index contributed by atoms with van der Waals surface area (Å²) in [7, 11) is 1.44. The molecule has 0 aliphatic rings. The molecule has 1 aromatic carbocycles. The Kier molecular flexibility index (Phi) is 5.79. The van der Waals surface area contributed by atoms with Gasteiger partial charge in [-0.2, -0.15) is 31.6 Å². The van der Waals surface area contributed by atoms with Gasteiger partial charge in [-0.05, 0) is 25.1 Å². The molecule has 0 amide bonds. The fraction of sp³-hybridized carbons (Fsp3) is 0.238. The van der Waals surface area contributed by atoms with Crippen LogP contribution in [0.3, 0.4) is 0 Å². The number of pyridine rings is 1. The molecule has 0 aliphatic carbocycles. The largest absolute Gasteiger partial charge is 0.418 e. The number of alkyl halides is 6. The average molecular weight is 492 g/mol. The van der Waals surface area contributed by atoms with Gasteiger partial charge in [-0.3, -0.25) is 4.98 Å². The molecule has 0 bridgehead atoms. The maximum Gasteiger partial charge on any atom is 0.418 e. The molecule has 4 rings (SSSR count). The number of rotatable bonds is 4. The van der Waals surface area contributed by atoms with E-state index in [1.165, 1.54) is 41.4 Å². The molecule has 0 unspecified atom stereocenters. The van der Waals surface area contributed by atoms with Crippen molar-refractivity contribution in [3.8, 4) is 11.8 Å². The first-order valence-corrected chi connectivity index (χ1v) is 9.83. The number of benzene rings is 1. The predicted octanol–water partition coefficient (Wildman–Crippen LogP) is 4.71. The molecule has 3 aromatic heterocycles. The third-order valence-corrected chi connectivity index (χ3v) is 5.27. The van der Waals surface area contributed by atoms with E-state index in [4.69, 9.17) is 5.26 Å². The van der Waals surface area contributed by atoms with Crippen molar-refractivity contribution in [1.29, 1.82) is 5.26 Å². The molecule has 0 fully saturated rings. The van der Waals surface area contributed by atoms with Gasteiger partial charge < -0.3 is 4.90 Å². The number of hydrogen-bond donors (Lipinski definition) is 0. The summed E-state index contributed by atoms with van der Waals surface area (Å²) in [4.78, 5) is 17.0. The lowest BCUT2D eigenvalue weighted by Gasteiger charge is -2.25. The van der Waals surface area contributed by atoms with Crippen LogP contribution < -0.4 is 4.90 Å². The molecule has 180 valence electrons. The lowest BCUT2D eigenvalue weighted by atomic mass is 10.0. The third kappa shape index (κ3) is 4.57. The van der Waals surface area contributed by atoms with E-state index in [0.29, 0.717) is 11.8 Å². The Morgan fingerprint density at radius 2 is 1.74 bits per heavy atom. The Hall–Kier alpha value is -4.28. The first-order chi connectivity index (χ1) is 16.4. The van der Waals surface area contributed by atoms with E-state index >= 15 is 0 Å². The summed E-state index contributed by atoms with van der Waals surface area (Å²) in [6.07, 6.45) is -5.07. The van der Waals surface area contributed by atoms with E-state index in [1.807, 2.05) is 6.07 Å². The molecule has 0 spiro atoms. The minimum Gasteiger partial charge on any atom is -0.349 e. The van der Waals surface area contributed by atoms with Gasteiger partial charge in [0.25, 0.3) is 0 Å². The molecular weight excluding hydrogens is 478 g/mol. The lowest BCUT2D eigenvalue weighted by molar-refractivity contribution is -0.142. The van der Waals surface area contributed by atoms with Gasteiger partial charge in [0, 0.05) is 18.6 Å². The van der Waals surface area contributed by atoms with Crippen LogP contribution in [-0.2, 0) is 12.4 Å². The molecule has 0 saturated carbocycles. The number of halogens is 6. The fourth-order valence-corrected chi connectivity index (χ4v) is 3.38. The number of fused-ring (bicyclic) bond motifs is 1. The topological polar surface area (TPSA) is 96.4 Å². The number of nitriles is 1. The van der Waals surface area contributed by atoms with Gasteiger partial charge in [0.1, 0.15) is 24.5 Å². The molecule has 0 saturated heterocycles. The zero-order valence-corrected chi connectivity index (χ0v) is 18.0. The van der Waals surface area contributed by atoms with Crippen molar-refractivity contribution < 1.29 is 26.3 Å². The Balaban J connectivity index is 1.78. The van der Waals surface area contributed by atoms with Crippen LogP contribution in [0.25, 0.3) is 16.6 Å². The van der Waals surface area contributed by atoms with Crippen LogP contribution in [0.1, 0.15) is 35.5 Å². The maximum absolute atomic E-state index is 13.6. The highest BCUT2D eigenvalue weighted by Crippen LogP contribution is 2.41. The fourth-order valence-electron chi connectivity index (χ4n) is 3.38. The number of aromatic nitrogens is 6. The smallest absolute Gasteiger partial charge is 0.349 e. The average Bonchev–Trinajstić information content (AvgIpc) is 3.31. The van der Waals surface area contributed by atoms with E-state index in [0.717, 1.165) is 6.33 Å². The third-order valence-electron chi connectivity index (χ3n) is 5.27. The van der Waals surface area contributed by atoms with Gasteiger partial charge in [0.2, 0.25) is 0 Å². The highest BCUT2D eigenvalue weighted by atomic mass is 19.4. The zero-order chi connectivity index (χ0) is 25.5. The Morgan fingerprint density at radius 3 is 2.40 bits per heavy atom. The standard InChI is InChI=1S/C21H14F6N8/c1-11(18-32-10-35(33-18)14-3-12(6-28)7-29-8-14)34(2)19-15-4-13(20(22,23)24)5-16(21(25,26)27)17(15)30-9-31-19/h3-5,7-11H,1-2H3/t11-/m0/s1. The summed E-state index contributed by atoms with van der Waals surface area (Å²) in [5, 5.41) is 12.9. The van der Waals surface area contributed by atoms with Gasteiger partial charge in [-0.1, -0.05) is 0 Å². The van der Waals surface area contributed by atoms with Crippen molar-refractivity contribution in [3.63, 3.8) is 0 Å². The molecular formula is C21H14F6N8. The van der Waals surface area contributed by atoms with Crippen molar-refractivity contribution in [2.75, 3.05) is 11.9 Å². The Morgan fingerprint density at radius 1 is 1.00 bits per heavy atom. The Bertz CT molecular complexity index is 1440. The molecule has 4 aromatic rings. The summed E-state index contributed by atoms with van der Waals surface area (Å²) >= 11 is 0. The summed E-state index contributed by atoms with van der Waals surface area (Å²) in [6, 6.07) is 3.38. The Labute approximate surface area is 193 Å². The van der Waals surface area contributed by atoms with E-state index in [9.17, 15) is 26.3 Å². The first-order valence-electron chi connectivity index (χ1n) is 9.83. The van der Waals surface area contributed by atoms with Crippen molar-refractivity contribution >= 4 is 16.7 Å². The normalized spacial score (nSPS) is 13.0. The van der Waals surface area contributed by atoms with Crippen LogP contribution in [0.5, 0.6) is 0 Å². The highest BCUT2D eigenvalue weighted by Gasteiger charge is 2.39. The molecule has 0 aliphatic heterocycles. The van der Waals surface area contributed by atoms with Gasteiger partial charge in [0.05, 0.1) is 40.1 Å². The number of hydrogen-bond acceptors (Lipinski definition) is 7. The van der Waals surface area contributed by atoms with Crippen LogP contribution >= 0.6 is 0 Å². The SMILES string of the molecule is C[C@@H](c1ncn(-c2cncc(C#N)c2)n1)N(C)c1ncnc2c(C(F)(F)F)cc(C(F)(F)F)cc12. The number of anilines is 1. The minimum absolute atomic E-state index is 0.0369. The van der Waals surface area contributed by atoms with E-state index in [2.05, 4.69) is 25.0 Å².